The van der Waals surface area contributed by atoms with E-state index in [0.717, 1.165) is 31.5 Å². The molecule has 3 rings (SSSR count). The average molecular weight is 348 g/mol. The zero-order chi connectivity index (χ0) is 16.9. The van der Waals surface area contributed by atoms with Gasteiger partial charge in [0.1, 0.15) is 0 Å². The highest BCUT2D eigenvalue weighted by Crippen LogP contribution is 2.21. The summed E-state index contributed by atoms with van der Waals surface area (Å²) in [6.45, 7) is 3.98. The Balaban J connectivity index is 1.55. The van der Waals surface area contributed by atoms with Crippen LogP contribution < -0.4 is 0 Å². The van der Waals surface area contributed by atoms with Crippen molar-refractivity contribution in [3.05, 3.63) is 35.2 Å². The van der Waals surface area contributed by atoms with Crippen molar-refractivity contribution < 1.29 is 9.21 Å². The fourth-order valence-corrected chi connectivity index (χ4v) is 3.07. The molecule has 0 unspecified atom stereocenters. The van der Waals surface area contributed by atoms with E-state index >= 15 is 0 Å². The second-order valence-corrected chi connectivity index (χ2v) is 6.86. The van der Waals surface area contributed by atoms with Gasteiger partial charge < -0.3 is 9.32 Å². The number of aromatic nitrogens is 2. The molecule has 0 aliphatic carbocycles. The van der Waals surface area contributed by atoms with Crippen LogP contribution in [0.5, 0.6) is 0 Å². The number of hydrogen-bond acceptors (Lipinski definition) is 4. The second kappa shape index (κ2) is 7.79. The van der Waals surface area contributed by atoms with E-state index in [4.69, 9.17) is 16.0 Å². The van der Waals surface area contributed by atoms with E-state index in [0.29, 0.717) is 35.6 Å². The fraction of sp³-hybridized carbons (Fsp3) is 0.500. The molecular formula is C18H22ClN3O2. The zero-order valence-corrected chi connectivity index (χ0v) is 14.6. The number of halogens is 1. The maximum absolute atomic E-state index is 12.4. The van der Waals surface area contributed by atoms with Gasteiger partial charge in [-0.15, -0.1) is 10.2 Å². The summed E-state index contributed by atoms with van der Waals surface area (Å²) in [5, 5.41) is 8.75. The minimum atomic E-state index is 0.176. The number of hydrogen-bond donors (Lipinski definition) is 0. The first-order valence-corrected chi connectivity index (χ1v) is 8.85. The van der Waals surface area contributed by atoms with Gasteiger partial charge in [-0.3, -0.25) is 4.79 Å². The molecule has 0 radical (unpaired) electrons. The number of likely N-dealkylation sites (tertiary alicyclic amines) is 1. The summed E-state index contributed by atoms with van der Waals surface area (Å²) < 4.78 is 5.65. The Labute approximate surface area is 147 Å². The van der Waals surface area contributed by atoms with E-state index in [1.807, 2.05) is 17.0 Å². The Morgan fingerprint density at radius 3 is 2.83 bits per heavy atom. The third-order valence-electron chi connectivity index (χ3n) is 4.48. The highest BCUT2D eigenvalue weighted by Gasteiger charge is 2.19. The highest BCUT2D eigenvalue weighted by molar-refractivity contribution is 6.30. The molecule has 2 heterocycles. The second-order valence-electron chi connectivity index (χ2n) is 6.42. The third-order valence-corrected chi connectivity index (χ3v) is 4.73. The molecule has 0 saturated carbocycles. The van der Waals surface area contributed by atoms with Crippen LogP contribution in [0.25, 0.3) is 11.5 Å². The fourth-order valence-electron chi connectivity index (χ4n) is 2.95. The standard InChI is InChI=1S/C18H22ClN3O2/c1-13-3-2-11-22(12-10-13)17(23)9-8-16-20-21-18(24-16)14-4-6-15(19)7-5-14/h4-7,13H,2-3,8-12H2,1H3/t13-/m0/s1. The van der Waals surface area contributed by atoms with Gasteiger partial charge in [-0.25, -0.2) is 0 Å². The zero-order valence-electron chi connectivity index (χ0n) is 13.9. The van der Waals surface area contributed by atoms with Crippen LogP contribution in [0.3, 0.4) is 0 Å². The van der Waals surface area contributed by atoms with Crippen molar-refractivity contribution in [1.82, 2.24) is 15.1 Å². The third kappa shape index (κ3) is 4.35. The van der Waals surface area contributed by atoms with Crippen molar-refractivity contribution in [2.45, 2.75) is 39.0 Å². The summed E-state index contributed by atoms with van der Waals surface area (Å²) in [7, 11) is 0. The molecule has 2 aromatic rings. The Morgan fingerprint density at radius 2 is 2.04 bits per heavy atom. The smallest absolute Gasteiger partial charge is 0.247 e. The van der Waals surface area contributed by atoms with E-state index in [2.05, 4.69) is 17.1 Å². The van der Waals surface area contributed by atoms with Crippen molar-refractivity contribution in [3.63, 3.8) is 0 Å². The molecule has 1 aromatic carbocycles. The molecule has 1 amide bonds. The lowest BCUT2D eigenvalue weighted by atomic mass is 10.0. The van der Waals surface area contributed by atoms with Crippen LogP contribution in [0.4, 0.5) is 0 Å². The number of aryl methyl sites for hydroxylation is 1. The van der Waals surface area contributed by atoms with E-state index < -0.39 is 0 Å². The predicted molar refractivity (Wildman–Crippen MR) is 92.7 cm³/mol. The van der Waals surface area contributed by atoms with Gasteiger partial charge in [-0.05, 0) is 49.4 Å². The summed E-state index contributed by atoms with van der Waals surface area (Å²) in [5.74, 6) is 1.84. The van der Waals surface area contributed by atoms with Crippen LogP contribution in [-0.4, -0.2) is 34.1 Å². The van der Waals surface area contributed by atoms with Crippen LogP contribution in [0.2, 0.25) is 5.02 Å². The number of nitrogens with zero attached hydrogens (tertiary/aromatic N) is 3. The minimum absolute atomic E-state index is 0.176. The molecule has 1 atom stereocenters. The molecule has 1 aromatic heterocycles. The van der Waals surface area contributed by atoms with Crippen molar-refractivity contribution in [2.75, 3.05) is 13.1 Å². The number of carbonyl (C=O) groups excluding carboxylic acids is 1. The maximum atomic E-state index is 12.4. The number of carbonyl (C=O) groups is 1. The van der Waals surface area contributed by atoms with Crippen molar-refractivity contribution in [1.29, 1.82) is 0 Å². The van der Waals surface area contributed by atoms with Gasteiger partial charge in [-0.1, -0.05) is 18.5 Å². The average Bonchev–Trinajstić information content (AvgIpc) is 2.94. The molecule has 6 heteroatoms. The molecule has 0 spiro atoms. The van der Waals surface area contributed by atoms with Gasteiger partial charge in [0.25, 0.3) is 0 Å². The quantitative estimate of drug-likeness (QED) is 0.839. The van der Waals surface area contributed by atoms with Crippen LogP contribution in [0.1, 0.15) is 38.5 Å². The summed E-state index contributed by atoms with van der Waals surface area (Å²) in [5.41, 5.74) is 0.825. The molecule has 1 aliphatic rings. The van der Waals surface area contributed by atoms with Crippen LogP contribution in [-0.2, 0) is 11.2 Å². The molecular weight excluding hydrogens is 326 g/mol. The van der Waals surface area contributed by atoms with Crippen molar-refractivity contribution in [3.8, 4) is 11.5 Å². The van der Waals surface area contributed by atoms with E-state index in [-0.39, 0.29) is 5.91 Å². The first-order chi connectivity index (χ1) is 11.6. The minimum Gasteiger partial charge on any atom is -0.421 e. The molecule has 1 saturated heterocycles. The lowest BCUT2D eigenvalue weighted by molar-refractivity contribution is -0.131. The molecule has 5 nitrogen and oxygen atoms in total. The van der Waals surface area contributed by atoms with Gasteiger partial charge >= 0.3 is 0 Å². The van der Waals surface area contributed by atoms with Crippen LogP contribution >= 0.6 is 11.6 Å². The predicted octanol–water partition coefficient (Wildman–Crippen LogP) is 3.97. The summed E-state index contributed by atoms with van der Waals surface area (Å²) in [4.78, 5) is 14.3. The van der Waals surface area contributed by atoms with Gasteiger partial charge in [0.05, 0.1) is 0 Å². The Kier molecular flexibility index (Phi) is 5.51. The highest BCUT2D eigenvalue weighted by atomic mass is 35.5. The van der Waals surface area contributed by atoms with Crippen LogP contribution in [0.15, 0.2) is 28.7 Å². The first kappa shape index (κ1) is 17.0. The molecule has 1 aliphatic heterocycles. The molecule has 128 valence electrons. The van der Waals surface area contributed by atoms with Gasteiger partial charge in [0.2, 0.25) is 17.7 Å². The van der Waals surface area contributed by atoms with Gasteiger partial charge in [-0.2, -0.15) is 0 Å². The summed E-state index contributed by atoms with van der Waals surface area (Å²) in [6.07, 6.45) is 4.28. The number of benzene rings is 1. The molecule has 1 fully saturated rings. The normalized spacial score (nSPS) is 18.4. The monoisotopic (exact) mass is 347 g/mol. The molecule has 24 heavy (non-hydrogen) atoms. The maximum Gasteiger partial charge on any atom is 0.247 e. The Morgan fingerprint density at radius 1 is 1.25 bits per heavy atom. The lowest BCUT2D eigenvalue weighted by Crippen LogP contribution is -2.32. The molecule has 0 N–H and O–H groups in total. The summed E-state index contributed by atoms with van der Waals surface area (Å²) in [6, 6.07) is 7.24. The Hall–Kier alpha value is -1.88. The topological polar surface area (TPSA) is 59.2 Å². The molecule has 0 bridgehead atoms. The van der Waals surface area contributed by atoms with E-state index in [1.165, 1.54) is 6.42 Å². The van der Waals surface area contributed by atoms with Gasteiger partial charge in [0.15, 0.2) is 0 Å². The van der Waals surface area contributed by atoms with Gasteiger partial charge in [0, 0.05) is 36.5 Å². The van der Waals surface area contributed by atoms with E-state index in [1.54, 1.807) is 12.1 Å². The summed E-state index contributed by atoms with van der Waals surface area (Å²) >= 11 is 5.87. The first-order valence-electron chi connectivity index (χ1n) is 8.48. The van der Waals surface area contributed by atoms with Crippen LogP contribution in [0, 0.1) is 5.92 Å². The lowest BCUT2D eigenvalue weighted by Gasteiger charge is -2.20. The van der Waals surface area contributed by atoms with E-state index in [9.17, 15) is 4.79 Å². The number of amides is 1. The Bertz CT molecular complexity index is 684. The number of rotatable bonds is 4. The largest absolute Gasteiger partial charge is 0.421 e. The SMILES string of the molecule is C[C@H]1CCCN(C(=O)CCc2nnc(-c3ccc(Cl)cc3)o2)CC1. The van der Waals surface area contributed by atoms with Crippen molar-refractivity contribution in [2.24, 2.45) is 5.92 Å². The van der Waals surface area contributed by atoms with Crippen molar-refractivity contribution >= 4 is 17.5 Å².